The molecule has 0 unspecified atom stereocenters. The molecule has 2 aromatic heterocycles. The largest absolute Gasteiger partial charge is 0.477 e. The fourth-order valence-electron chi connectivity index (χ4n) is 1.06. The topological polar surface area (TPSA) is 79.1 Å². The molecule has 2 N–H and O–H groups in total. The molecule has 0 atom stereocenters. The molecule has 2 heterocycles. The van der Waals surface area contributed by atoms with Crippen LogP contribution in [0.5, 0.6) is 0 Å². The van der Waals surface area contributed by atoms with Gasteiger partial charge in [0.25, 0.3) is 0 Å². The fourth-order valence-corrected chi connectivity index (χ4v) is 1.06. The summed E-state index contributed by atoms with van der Waals surface area (Å²) < 4.78 is 4.81. The van der Waals surface area contributed by atoms with Gasteiger partial charge in [-0.25, -0.2) is 4.79 Å². The van der Waals surface area contributed by atoms with Crippen molar-refractivity contribution in [3.63, 3.8) is 0 Å². The molecular weight excluding hydrogens is 172 g/mol. The van der Waals surface area contributed by atoms with Crippen molar-refractivity contribution in [3.8, 4) is 11.5 Å². The predicted octanol–water partition coefficient (Wildman–Crippen LogP) is 1.37. The third-order valence-corrected chi connectivity index (χ3v) is 1.64. The van der Waals surface area contributed by atoms with Crippen molar-refractivity contribution in [2.24, 2.45) is 0 Å². The molecule has 0 saturated carbocycles. The Hall–Kier alpha value is -2.04. The first kappa shape index (κ1) is 7.60. The molecular formula is C8H6N2O3. The van der Waals surface area contributed by atoms with Gasteiger partial charge in [0.2, 0.25) is 0 Å². The molecule has 0 radical (unpaired) electrons. The van der Waals surface area contributed by atoms with Crippen molar-refractivity contribution >= 4 is 5.97 Å². The van der Waals surface area contributed by atoms with Crippen LogP contribution < -0.4 is 0 Å². The monoisotopic (exact) mass is 178 g/mol. The van der Waals surface area contributed by atoms with E-state index in [0.717, 1.165) is 0 Å². The van der Waals surface area contributed by atoms with Crippen molar-refractivity contribution in [3.05, 3.63) is 30.1 Å². The summed E-state index contributed by atoms with van der Waals surface area (Å²) >= 11 is 0. The normalized spacial score (nSPS) is 10.2. The van der Waals surface area contributed by atoms with Gasteiger partial charge in [-0.3, -0.25) is 0 Å². The van der Waals surface area contributed by atoms with Gasteiger partial charge in [0, 0.05) is 6.20 Å². The third-order valence-electron chi connectivity index (χ3n) is 1.64. The Morgan fingerprint density at radius 1 is 1.62 bits per heavy atom. The van der Waals surface area contributed by atoms with E-state index >= 15 is 0 Å². The van der Waals surface area contributed by atoms with E-state index in [1.165, 1.54) is 6.20 Å². The van der Waals surface area contributed by atoms with Crippen molar-refractivity contribution in [1.29, 1.82) is 0 Å². The lowest BCUT2D eigenvalue weighted by Gasteiger charge is -1.91. The highest BCUT2D eigenvalue weighted by Crippen LogP contribution is 2.21. The van der Waals surface area contributed by atoms with Gasteiger partial charge in [-0.1, -0.05) is 5.16 Å². The number of nitrogens with zero attached hydrogens (tertiary/aromatic N) is 1. The molecule has 66 valence electrons. The van der Waals surface area contributed by atoms with Gasteiger partial charge < -0.3 is 14.6 Å². The Bertz CT molecular complexity index is 416. The van der Waals surface area contributed by atoms with E-state index in [1.807, 2.05) is 0 Å². The second-order valence-electron chi connectivity index (χ2n) is 2.46. The molecule has 0 aromatic carbocycles. The molecule has 0 aliphatic carbocycles. The van der Waals surface area contributed by atoms with Crippen LogP contribution in [0.2, 0.25) is 0 Å². The molecule has 5 nitrogen and oxygen atoms in total. The number of nitrogens with one attached hydrogen (secondary N) is 1. The molecule has 0 saturated heterocycles. The first-order valence-electron chi connectivity index (χ1n) is 3.61. The molecule has 5 heteroatoms. The number of carboxylic acid groups (broad SMARTS) is 1. The van der Waals surface area contributed by atoms with Crippen LogP contribution in [0.1, 0.15) is 10.4 Å². The molecule has 2 rings (SSSR count). The Morgan fingerprint density at radius 2 is 2.46 bits per heavy atom. The van der Waals surface area contributed by atoms with Crippen LogP contribution >= 0.6 is 0 Å². The Morgan fingerprint density at radius 3 is 3.08 bits per heavy atom. The van der Waals surface area contributed by atoms with Crippen molar-refractivity contribution in [2.45, 2.75) is 0 Å². The number of carboxylic acids is 1. The minimum absolute atomic E-state index is 0.0578. The van der Waals surface area contributed by atoms with Crippen LogP contribution in [0, 0.1) is 0 Å². The van der Waals surface area contributed by atoms with Crippen molar-refractivity contribution < 1.29 is 14.4 Å². The second-order valence-corrected chi connectivity index (χ2v) is 2.46. The summed E-state index contributed by atoms with van der Waals surface area (Å²) in [6.07, 6.45) is 2.86. The highest BCUT2D eigenvalue weighted by molar-refractivity contribution is 5.93. The first-order valence-corrected chi connectivity index (χ1v) is 3.61. The quantitative estimate of drug-likeness (QED) is 0.727. The van der Waals surface area contributed by atoms with E-state index in [-0.39, 0.29) is 11.3 Å². The van der Waals surface area contributed by atoms with Crippen molar-refractivity contribution in [2.75, 3.05) is 0 Å². The van der Waals surface area contributed by atoms with E-state index in [2.05, 4.69) is 10.1 Å². The zero-order valence-corrected chi connectivity index (χ0v) is 6.52. The maximum atomic E-state index is 10.7. The van der Waals surface area contributed by atoms with Crippen LogP contribution in [0.25, 0.3) is 11.5 Å². The lowest BCUT2D eigenvalue weighted by molar-refractivity contribution is 0.0697. The third kappa shape index (κ3) is 1.20. The number of carbonyl (C=O) groups is 1. The molecule has 0 bridgehead atoms. The Labute approximate surface area is 73.0 Å². The average molecular weight is 178 g/mol. The lowest BCUT2D eigenvalue weighted by Crippen LogP contribution is -1.95. The van der Waals surface area contributed by atoms with Crippen LogP contribution in [0.4, 0.5) is 0 Å². The number of rotatable bonds is 2. The summed E-state index contributed by atoms with van der Waals surface area (Å²) in [6.45, 7) is 0. The van der Waals surface area contributed by atoms with Crippen LogP contribution in [-0.2, 0) is 0 Å². The van der Waals surface area contributed by atoms with Crippen molar-refractivity contribution in [1.82, 2.24) is 10.1 Å². The van der Waals surface area contributed by atoms with Gasteiger partial charge in [0.05, 0.1) is 11.9 Å². The van der Waals surface area contributed by atoms with E-state index in [0.29, 0.717) is 5.69 Å². The summed E-state index contributed by atoms with van der Waals surface area (Å²) in [5.74, 6) is -0.802. The van der Waals surface area contributed by atoms with Crippen LogP contribution in [-0.4, -0.2) is 21.2 Å². The van der Waals surface area contributed by atoms with E-state index in [1.54, 1.807) is 18.3 Å². The number of H-pyrrole nitrogens is 1. The standard InChI is InChI=1S/C8H6N2O3/c11-8(12)5-4-10-13-7(5)6-2-1-3-9-6/h1-4,9H,(H,11,12). The van der Waals surface area contributed by atoms with Gasteiger partial charge in [-0.05, 0) is 12.1 Å². The van der Waals surface area contributed by atoms with Gasteiger partial charge in [0.1, 0.15) is 5.56 Å². The number of aromatic nitrogens is 2. The number of aromatic amines is 1. The highest BCUT2D eigenvalue weighted by atomic mass is 16.5. The Balaban J connectivity index is 2.52. The van der Waals surface area contributed by atoms with E-state index in [4.69, 9.17) is 9.63 Å². The van der Waals surface area contributed by atoms with E-state index < -0.39 is 5.97 Å². The zero-order chi connectivity index (χ0) is 9.26. The number of hydrogen-bond acceptors (Lipinski definition) is 3. The molecule has 0 spiro atoms. The average Bonchev–Trinajstić information content (AvgIpc) is 2.74. The van der Waals surface area contributed by atoms with Gasteiger partial charge in [0.15, 0.2) is 5.76 Å². The first-order chi connectivity index (χ1) is 6.29. The summed E-state index contributed by atoms with van der Waals surface area (Å²) in [5, 5.41) is 12.2. The van der Waals surface area contributed by atoms with Gasteiger partial charge >= 0.3 is 5.97 Å². The maximum absolute atomic E-state index is 10.7. The highest BCUT2D eigenvalue weighted by Gasteiger charge is 2.16. The van der Waals surface area contributed by atoms with E-state index in [9.17, 15) is 4.79 Å². The molecule has 13 heavy (non-hydrogen) atoms. The SMILES string of the molecule is O=C(O)c1cnoc1-c1ccc[nH]1. The molecule has 0 amide bonds. The maximum Gasteiger partial charge on any atom is 0.341 e. The van der Waals surface area contributed by atoms with Gasteiger partial charge in [-0.15, -0.1) is 0 Å². The van der Waals surface area contributed by atoms with Crippen LogP contribution in [0.3, 0.4) is 0 Å². The van der Waals surface area contributed by atoms with Crippen LogP contribution in [0.15, 0.2) is 29.0 Å². The zero-order valence-electron chi connectivity index (χ0n) is 6.52. The lowest BCUT2D eigenvalue weighted by atomic mass is 10.2. The number of aromatic carboxylic acids is 1. The molecule has 0 fully saturated rings. The van der Waals surface area contributed by atoms with Gasteiger partial charge in [-0.2, -0.15) is 0 Å². The predicted molar refractivity (Wildman–Crippen MR) is 43.2 cm³/mol. The number of hydrogen-bond donors (Lipinski definition) is 2. The Kier molecular flexibility index (Phi) is 1.63. The second kappa shape index (κ2) is 2.78. The smallest absolute Gasteiger partial charge is 0.341 e. The minimum Gasteiger partial charge on any atom is -0.477 e. The molecule has 2 aromatic rings. The molecule has 0 aliphatic rings. The summed E-state index contributed by atoms with van der Waals surface area (Å²) in [6, 6.07) is 3.47. The summed E-state index contributed by atoms with van der Waals surface area (Å²) in [4.78, 5) is 13.5. The minimum atomic E-state index is -1.05. The summed E-state index contributed by atoms with van der Waals surface area (Å²) in [5.41, 5.74) is 0.664. The summed E-state index contributed by atoms with van der Waals surface area (Å²) in [7, 11) is 0. The fraction of sp³-hybridized carbons (Fsp3) is 0. The molecule has 0 aliphatic heterocycles.